The molecule has 152 valence electrons. The fourth-order valence-electron chi connectivity index (χ4n) is 3.20. The quantitative estimate of drug-likeness (QED) is 0.632. The number of fused-ring (bicyclic) bond motifs is 1. The molecule has 0 bridgehead atoms. The van der Waals surface area contributed by atoms with Crippen molar-refractivity contribution >= 4 is 29.1 Å². The standard InChI is InChI=1S/C18H15ClF3N5O2/c1-9-6-15(26-29-9)24-17(28)13-8-16-23-12(10-2-4-11(19)5-3-10)7-14(18(20,21)22)27(16)25-13/h2-6,8,12,14,23H,7H2,1H3,(H,24,26,28)/t12-,14+/m0/s1. The molecule has 3 heterocycles. The van der Waals surface area contributed by atoms with Gasteiger partial charge < -0.3 is 15.2 Å². The Hall–Kier alpha value is -3.01. The summed E-state index contributed by atoms with van der Waals surface area (Å²) in [7, 11) is 0. The van der Waals surface area contributed by atoms with Crippen molar-refractivity contribution in [3.05, 3.63) is 58.4 Å². The van der Waals surface area contributed by atoms with Gasteiger partial charge in [-0.15, -0.1) is 0 Å². The molecule has 0 spiro atoms. The van der Waals surface area contributed by atoms with E-state index in [9.17, 15) is 18.0 Å². The SMILES string of the molecule is Cc1cc(NC(=O)c2cc3n(n2)[C@@H](C(F)(F)F)C[C@@H](c2ccc(Cl)cc2)N3)no1. The normalized spacial score (nSPS) is 18.8. The number of nitrogens with one attached hydrogen (secondary N) is 2. The maximum atomic E-state index is 13.7. The summed E-state index contributed by atoms with van der Waals surface area (Å²) < 4.78 is 46.8. The van der Waals surface area contributed by atoms with Crippen molar-refractivity contribution in [2.75, 3.05) is 10.6 Å². The number of carbonyl (C=O) groups is 1. The minimum atomic E-state index is -4.54. The highest BCUT2D eigenvalue weighted by Crippen LogP contribution is 2.43. The number of hydrogen-bond donors (Lipinski definition) is 2. The second kappa shape index (κ2) is 7.11. The van der Waals surface area contributed by atoms with Gasteiger partial charge in [-0.2, -0.15) is 18.3 Å². The molecule has 11 heteroatoms. The van der Waals surface area contributed by atoms with Crippen LogP contribution in [0.25, 0.3) is 0 Å². The lowest BCUT2D eigenvalue weighted by molar-refractivity contribution is -0.173. The van der Waals surface area contributed by atoms with Crippen molar-refractivity contribution in [3.63, 3.8) is 0 Å². The van der Waals surface area contributed by atoms with Crippen LogP contribution in [0.4, 0.5) is 24.8 Å². The zero-order chi connectivity index (χ0) is 20.8. The van der Waals surface area contributed by atoms with E-state index in [1.165, 1.54) is 12.1 Å². The summed E-state index contributed by atoms with van der Waals surface area (Å²) >= 11 is 5.87. The Morgan fingerprint density at radius 3 is 2.66 bits per heavy atom. The van der Waals surface area contributed by atoms with Crippen molar-refractivity contribution < 1.29 is 22.5 Å². The Morgan fingerprint density at radius 1 is 1.31 bits per heavy atom. The van der Waals surface area contributed by atoms with Gasteiger partial charge in [-0.1, -0.05) is 28.9 Å². The molecule has 2 atom stereocenters. The molecule has 3 aromatic rings. The van der Waals surface area contributed by atoms with E-state index < -0.39 is 24.2 Å². The molecule has 29 heavy (non-hydrogen) atoms. The number of alkyl halides is 3. The van der Waals surface area contributed by atoms with Crippen molar-refractivity contribution in [1.29, 1.82) is 0 Å². The van der Waals surface area contributed by atoms with Crippen LogP contribution in [-0.2, 0) is 0 Å². The highest BCUT2D eigenvalue weighted by molar-refractivity contribution is 6.30. The second-order valence-electron chi connectivity index (χ2n) is 6.68. The Labute approximate surface area is 167 Å². The van der Waals surface area contributed by atoms with E-state index >= 15 is 0 Å². The largest absolute Gasteiger partial charge is 0.410 e. The molecule has 1 aliphatic heterocycles. The molecule has 2 N–H and O–H groups in total. The Balaban J connectivity index is 1.64. The van der Waals surface area contributed by atoms with Crippen molar-refractivity contribution in [3.8, 4) is 0 Å². The van der Waals surface area contributed by atoms with Gasteiger partial charge in [0, 0.05) is 23.6 Å². The smallest absolute Gasteiger partial charge is 0.363 e. The summed E-state index contributed by atoms with van der Waals surface area (Å²) in [5.41, 5.74) is 0.485. The van der Waals surface area contributed by atoms with Crippen molar-refractivity contribution in [1.82, 2.24) is 14.9 Å². The second-order valence-corrected chi connectivity index (χ2v) is 7.11. The van der Waals surface area contributed by atoms with E-state index in [-0.39, 0.29) is 23.8 Å². The van der Waals surface area contributed by atoms with Crippen LogP contribution < -0.4 is 10.6 Å². The molecule has 1 aliphatic rings. The minimum absolute atomic E-state index is 0.0972. The highest BCUT2D eigenvalue weighted by atomic mass is 35.5. The van der Waals surface area contributed by atoms with Crippen LogP contribution in [0.3, 0.4) is 0 Å². The summed E-state index contributed by atoms with van der Waals surface area (Å²) in [5.74, 6) is 0.0397. The lowest BCUT2D eigenvalue weighted by atomic mass is 9.97. The van der Waals surface area contributed by atoms with Crippen LogP contribution in [0.1, 0.15) is 40.3 Å². The average Bonchev–Trinajstić information content (AvgIpc) is 3.26. The van der Waals surface area contributed by atoms with Gasteiger partial charge in [0.25, 0.3) is 5.91 Å². The third kappa shape index (κ3) is 3.93. The number of amides is 1. The third-order valence-corrected chi connectivity index (χ3v) is 4.82. The van der Waals surface area contributed by atoms with Gasteiger partial charge in [0.15, 0.2) is 17.6 Å². The van der Waals surface area contributed by atoms with E-state index in [4.69, 9.17) is 16.1 Å². The van der Waals surface area contributed by atoms with Gasteiger partial charge in [0.05, 0.1) is 6.04 Å². The van der Waals surface area contributed by atoms with E-state index in [0.717, 1.165) is 4.68 Å². The van der Waals surface area contributed by atoms with Crippen LogP contribution in [0, 0.1) is 6.92 Å². The van der Waals surface area contributed by atoms with Gasteiger partial charge in [0.2, 0.25) is 0 Å². The molecule has 0 saturated heterocycles. The van der Waals surface area contributed by atoms with Gasteiger partial charge in [-0.05, 0) is 24.6 Å². The summed E-state index contributed by atoms with van der Waals surface area (Å²) in [5, 5.41) is 13.5. The molecule has 0 unspecified atom stereocenters. The van der Waals surface area contributed by atoms with E-state index in [1.807, 2.05) is 0 Å². The highest BCUT2D eigenvalue weighted by Gasteiger charge is 2.46. The van der Waals surface area contributed by atoms with Crippen LogP contribution >= 0.6 is 11.6 Å². The first-order valence-corrected chi connectivity index (χ1v) is 9.01. The first kappa shape index (κ1) is 19.3. The number of carbonyl (C=O) groups excluding carboxylic acids is 1. The number of hydrogen-bond acceptors (Lipinski definition) is 5. The summed E-state index contributed by atoms with van der Waals surface area (Å²) in [6.45, 7) is 1.65. The zero-order valence-electron chi connectivity index (χ0n) is 15.0. The number of benzene rings is 1. The molecular formula is C18H15ClF3N5O2. The van der Waals surface area contributed by atoms with Gasteiger partial charge in [-0.25, -0.2) is 4.68 Å². The fourth-order valence-corrected chi connectivity index (χ4v) is 3.33. The Morgan fingerprint density at radius 2 is 2.03 bits per heavy atom. The fraction of sp³-hybridized carbons (Fsp3) is 0.278. The third-order valence-electron chi connectivity index (χ3n) is 4.56. The average molecular weight is 426 g/mol. The maximum absolute atomic E-state index is 13.7. The summed E-state index contributed by atoms with van der Waals surface area (Å²) in [4.78, 5) is 12.4. The summed E-state index contributed by atoms with van der Waals surface area (Å²) in [6.07, 6.45) is -4.81. The van der Waals surface area contributed by atoms with Gasteiger partial charge in [-0.3, -0.25) is 4.79 Å². The minimum Gasteiger partial charge on any atom is -0.363 e. The molecule has 1 aromatic carbocycles. The Kier molecular flexibility index (Phi) is 4.73. The monoisotopic (exact) mass is 425 g/mol. The predicted octanol–water partition coefficient (Wildman–Crippen LogP) is 4.75. The van der Waals surface area contributed by atoms with Crippen molar-refractivity contribution in [2.45, 2.75) is 31.6 Å². The van der Waals surface area contributed by atoms with E-state index in [2.05, 4.69) is 20.9 Å². The molecule has 0 aliphatic carbocycles. The molecule has 2 aromatic heterocycles. The first-order valence-electron chi connectivity index (χ1n) is 8.63. The van der Waals surface area contributed by atoms with Crippen LogP contribution in [-0.4, -0.2) is 27.0 Å². The number of nitrogens with zero attached hydrogens (tertiary/aromatic N) is 3. The molecule has 1 amide bonds. The van der Waals surface area contributed by atoms with Crippen LogP contribution in [0.5, 0.6) is 0 Å². The van der Waals surface area contributed by atoms with Gasteiger partial charge in [0.1, 0.15) is 11.6 Å². The topological polar surface area (TPSA) is 85.0 Å². The number of aryl methyl sites for hydroxylation is 1. The molecule has 0 saturated carbocycles. The molecular weight excluding hydrogens is 411 g/mol. The number of halogens is 4. The lowest BCUT2D eigenvalue weighted by Crippen LogP contribution is -2.35. The van der Waals surface area contributed by atoms with Crippen LogP contribution in [0.2, 0.25) is 5.02 Å². The lowest BCUT2D eigenvalue weighted by Gasteiger charge is -2.33. The van der Waals surface area contributed by atoms with Gasteiger partial charge >= 0.3 is 6.18 Å². The molecule has 0 radical (unpaired) electrons. The number of rotatable bonds is 3. The number of aromatic nitrogens is 3. The van der Waals surface area contributed by atoms with E-state index in [0.29, 0.717) is 16.3 Å². The molecule has 4 rings (SSSR count). The predicted molar refractivity (Wildman–Crippen MR) is 98.9 cm³/mol. The zero-order valence-corrected chi connectivity index (χ0v) is 15.8. The van der Waals surface area contributed by atoms with Crippen molar-refractivity contribution in [2.24, 2.45) is 0 Å². The first-order chi connectivity index (χ1) is 13.7. The number of anilines is 2. The summed E-state index contributed by atoms with van der Waals surface area (Å²) in [6, 6.07) is 6.84. The maximum Gasteiger partial charge on any atom is 0.410 e. The van der Waals surface area contributed by atoms with E-state index in [1.54, 1.807) is 31.2 Å². The molecule has 0 fully saturated rings. The Bertz CT molecular complexity index is 1040. The van der Waals surface area contributed by atoms with Crippen LogP contribution in [0.15, 0.2) is 40.9 Å². The molecule has 7 nitrogen and oxygen atoms in total.